The molecule has 0 atom stereocenters. The van der Waals surface area contributed by atoms with Crippen molar-refractivity contribution >= 4 is 17.4 Å². The van der Waals surface area contributed by atoms with Gasteiger partial charge in [0.1, 0.15) is 12.4 Å². The molecule has 0 N–H and O–H groups in total. The Balaban J connectivity index is 2.84. The fraction of sp³-hybridized carbons (Fsp3) is 0.417. The molecule has 0 amide bonds. The van der Waals surface area contributed by atoms with E-state index < -0.39 is 0 Å². The number of carbonyl (C=O) groups is 1. The van der Waals surface area contributed by atoms with Gasteiger partial charge >= 0.3 is 0 Å². The van der Waals surface area contributed by atoms with Gasteiger partial charge in [0, 0.05) is 5.02 Å². The number of Topliss-reactive ketones (excluding diaryl/α,β-unsaturated/α-hetero) is 1. The van der Waals surface area contributed by atoms with Crippen LogP contribution in [-0.2, 0) is 4.74 Å². The Morgan fingerprint density at radius 1 is 1.44 bits per heavy atom. The average Bonchev–Trinajstić information content (AvgIpc) is 2.25. The van der Waals surface area contributed by atoms with Crippen LogP contribution in [0.4, 0.5) is 0 Å². The van der Waals surface area contributed by atoms with Crippen molar-refractivity contribution in [1.29, 1.82) is 0 Å². The molecule has 0 heterocycles. The molecule has 1 aromatic rings. The lowest BCUT2D eigenvalue weighted by Gasteiger charge is -2.10. The highest BCUT2D eigenvalue weighted by atomic mass is 35.5. The molecular formula is C12H15ClO3. The van der Waals surface area contributed by atoms with Gasteiger partial charge in [-0.1, -0.05) is 11.6 Å². The predicted octanol–water partition coefficient (Wildman–Crippen LogP) is 2.96. The molecule has 0 bridgehead atoms. The summed E-state index contributed by atoms with van der Waals surface area (Å²) in [5.74, 6) is 0.384. The Labute approximate surface area is 100 Å². The Morgan fingerprint density at radius 3 is 2.69 bits per heavy atom. The van der Waals surface area contributed by atoms with Gasteiger partial charge in [-0.25, -0.2) is 0 Å². The highest BCUT2D eigenvalue weighted by Gasteiger charge is 2.13. The van der Waals surface area contributed by atoms with E-state index in [0.717, 1.165) is 0 Å². The standard InChI is InChI=1S/C12H15ClO3/c1-8(2)16-7-11(14)10-6-9(13)4-5-12(10)15-3/h4-6,8H,7H2,1-3H3. The molecule has 4 heteroatoms. The van der Waals surface area contributed by atoms with Crippen molar-refractivity contribution in [2.24, 2.45) is 0 Å². The molecule has 0 aromatic heterocycles. The maximum absolute atomic E-state index is 11.8. The number of halogens is 1. The molecule has 16 heavy (non-hydrogen) atoms. The van der Waals surface area contributed by atoms with Crippen LogP contribution in [0, 0.1) is 0 Å². The maximum atomic E-state index is 11.8. The van der Waals surface area contributed by atoms with E-state index in [9.17, 15) is 4.79 Å². The summed E-state index contributed by atoms with van der Waals surface area (Å²) in [4.78, 5) is 11.8. The lowest BCUT2D eigenvalue weighted by molar-refractivity contribution is 0.0582. The molecule has 1 rings (SSSR count). The van der Waals surface area contributed by atoms with Gasteiger partial charge in [-0.2, -0.15) is 0 Å². The van der Waals surface area contributed by atoms with E-state index in [0.29, 0.717) is 16.3 Å². The maximum Gasteiger partial charge on any atom is 0.192 e. The molecule has 88 valence electrons. The minimum absolute atomic E-state index is 0.0223. The highest BCUT2D eigenvalue weighted by Crippen LogP contribution is 2.23. The lowest BCUT2D eigenvalue weighted by atomic mass is 10.1. The van der Waals surface area contributed by atoms with Crippen LogP contribution in [-0.4, -0.2) is 25.6 Å². The third kappa shape index (κ3) is 3.51. The quantitative estimate of drug-likeness (QED) is 0.745. The topological polar surface area (TPSA) is 35.5 Å². The molecule has 0 aliphatic rings. The minimum Gasteiger partial charge on any atom is -0.496 e. The Hall–Kier alpha value is -1.06. The first-order chi connectivity index (χ1) is 7.54. The fourth-order valence-corrected chi connectivity index (χ4v) is 1.39. The SMILES string of the molecule is COc1ccc(Cl)cc1C(=O)COC(C)C. The van der Waals surface area contributed by atoms with Crippen molar-refractivity contribution in [3.05, 3.63) is 28.8 Å². The van der Waals surface area contributed by atoms with Crippen molar-refractivity contribution in [3.63, 3.8) is 0 Å². The average molecular weight is 243 g/mol. The number of carbonyl (C=O) groups excluding carboxylic acids is 1. The van der Waals surface area contributed by atoms with Gasteiger partial charge in [-0.05, 0) is 32.0 Å². The van der Waals surface area contributed by atoms with Crippen molar-refractivity contribution in [2.75, 3.05) is 13.7 Å². The number of methoxy groups -OCH3 is 1. The van der Waals surface area contributed by atoms with Crippen LogP contribution < -0.4 is 4.74 Å². The van der Waals surface area contributed by atoms with E-state index in [-0.39, 0.29) is 18.5 Å². The monoisotopic (exact) mass is 242 g/mol. The molecule has 0 spiro atoms. The van der Waals surface area contributed by atoms with Gasteiger partial charge in [-0.3, -0.25) is 4.79 Å². The Morgan fingerprint density at radius 2 is 2.12 bits per heavy atom. The van der Waals surface area contributed by atoms with Crippen LogP contribution in [0.25, 0.3) is 0 Å². The largest absolute Gasteiger partial charge is 0.496 e. The first-order valence-corrected chi connectivity index (χ1v) is 5.40. The van der Waals surface area contributed by atoms with Gasteiger partial charge in [0.05, 0.1) is 18.8 Å². The number of ketones is 1. The second kappa shape index (κ2) is 5.87. The molecule has 1 aromatic carbocycles. The van der Waals surface area contributed by atoms with Gasteiger partial charge in [-0.15, -0.1) is 0 Å². The van der Waals surface area contributed by atoms with E-state index in [1.165, 1.54) is 7.11 Å². The Kier molecular flexibility index (Phi) is 4.77. The van der Waals surface area contributed by atoms with Crippen molar-refractivity contribution < 1.29 is 14.3 Å². The summed E-state index contributed by atoms with van der Waals surface area (Å²) in [7, 11) is 1.52. The summed E-state index contributed by atoms with van der Waals surface area (Å²) >= 11 is 5.83. The summed E-state index contributed by atoms with van der Waals surface area (Å²) in [6.07, 6.45) is 0.0223. The summed E-state index contributed by atoms with van der Waals surface area (Å²) in [5, 5.41) is 0.508. The van der Waals surface area contributed by atoms with Gasteiger partial charge in [0.25, 0.3) is 0 Å². The summed E-state index contributed by atoms with van der Waals surface area (Å²) in [6, 6.07) is 4.94. The first-order valence-electron chi connectivity index (χ1n) is 5.03. The highest BCUT2D eigenvalue weighted by molar-refractivity contribution is 6.31. The van der Waals surface area contributed by atoms with E-state index in [4.69, 9.17) is 21.1 Å². The zero-order valence-corrected chi connectivity index (χ0v) is 10.4. The van der Waals surface area contributed by atoms with Crippen LogP contribution in [0.1, 0.15) is 24.2 Å². The molecule has 0 saturated heterocycles. The predicted molar refractivity (Wildman–Crippen MR) is 63.4 cm³/mol. The number of hydrogen-bond donors (Lipinski definition) is 0. The van der Waals surface area contributed by atoms with E-state index in [1.54, 1.807) is 18.2 Å². The van der Waals surface area contributed by atoms with Crippen LogP contribution in [0.5, 0.6) is 5.75 Å². The normalized spacial score (nSPS) is 10.6. The van der Waals surface area contributed by atoms with Crippen molar-refractivity contribution in [1.82, 2.24) is 0 Å². The molecule has 0 saturated carbocycles. The summed E-state index contributed by atoms with van der Waals surface area (Å²) in [5.41, 5.74) is 0.454. The van der Waals surface area contributed by atoms with Crippen molar-refractivity contribution in [2.45, 2.75) is 20.0 Å². The van der Waals surface area contributed by atoms with Crippen LogP contribution >= 0.6 is 11.6 Å². The molecular weight excluding hydrogens is 228 g/mol. The summed E-state index contributed by atoms with van der Waals surface area (Å²) in [6.45, 7) is 3.79. The van der Waals surface area contributed by atoms with Crippen LogP contribution in [0.3, 0.4) is 0 Å². The Bertz CT molecular complexity index is 375. The molecule has 0 radical (unpaired) electrons. The third-order valence-corrected chi connectivity index (χ3v) is 2.24. The second-order valence-corrected chi connectivity index (χ2v) is 4.06. The fourth-order valence-electron chi connectivity index (χ4n) is 1.22. The molecule has 0 aliphatic carbocycles. The number of rotatable bonds is 5. The van der Waals surface area contributed by atoms with Gasteiger partial charge in [0.2, 0.25) is 0 Å². The second-order valence-electron chi connectivity index (χ2n) is 3.63. The number of hydrogen-bond acceptors (Lipinski definition) is 3. The molecule has 0 fully saturated rings. The van der Waals surface area contributed by atoms with Crippen LogP contribution in [0.2, 0.25) is 5.02 Å². The lowest BCUT2D eigenvalue weighted by Crippen LogP contribution is -2.14. The molecule has 3 nitrogen and oxygen atoms in total. The number of benzene rings is 1. The summed E-state index contributed by atoms with van der Waals surface area (Å²) < 4.78 is 10.3. The first kappa shape index (κ1) is 13.0. The third-order valence-electron chi connectivity index (χ3n) is 2.01. The smallest absolute Gasteiger partial charge is 0.192 e. The molecule has 0 aliphatic heterocycles. The zero-order chi connectivity index (χ0) is 12.1. The van der Waals surface area contributed by atoms with Crippen LogP contribution in [0.15, 0.2) is 18.2 Å². The van der Waals surface area contributed by atoms with Crippen molar-refractivity contribution in [3.8, 4) is 5.75 Å². The van der Waals surface area contributed by atoms with Gasteiger partial charge in [0.15, 0.2) is 5.78 Å². The molecule has 0 unspecified atom stereocenters. The van der Waals surface area contributed by atoms with E-state index >= 15 is 0 Å². The minimum atomic E-state index is -0.131. The van der Waals surface area contributed by atoms with E-state index in [1.807, 2.05) is 13.8 Å². The van der Waals surface area contributed by atoms with E-state index in [2.05, 4.69) is 0 Å². The van der Waals surface area contributed by atoms with Gasteiger partial charge < -0.3 is 9.47 Å². The number of ether oxygens (including phenoxy) is 2. The zero-order valence-electron chi connectivity index (χ0n) is 9.62.